The van der Waals surface area contributed by atoms with Crippen molar-refractivity contribution in [1.29, 1.82) is 0 Å². The lowest BCUT2D eigenvalue weighted by atomic mass is 10.3. The Morgan fingerprint density at radius 1 is 1.35 bits per heavy atom. The molecule has 0 saturated carbocycles. The van der Waals surface area contributed by atoms with Gasteiger partial charge in [-0.1, -0.05) is 43.3 Å². The van der Waals surface area contributed by atoms with Gasteiger partial charge in [0.15, 0.2) is 0 Å². The predicted molar refractivity (Wildman–Crippen MR) is 80.0 cm³/mol. The van der Waals surface area contributed by atoms with E-state index in [0.29, 0.717) is 10.9 Å². The van der Waals surface area contributed by atoms with Gasteiger partial charge in [0, 0.05) is 6.54 Å². The van der Waals surface area contributed by atoms with Crippen LogP contribution >= 0.6 is 11.8 Å². The monoisotopic (exact) mass is 290 g/mol. The number of para-hydroxylation sites is 1. The van der Waals surface area contributed by atoms with Crippen LogP contribution in [-0.4, -0.2) is 33.0 Å². The first kappa shape index (κ1) is 14.6. The summed E-state index contributed by atoms with van der Waals surface area (Å²) in [5, 5.41) is 7.82. The maximum absolute atomic E-state index is 11.6. The van der Waals surface area contributed by atoms with Gasteiger partial charge >= 0.3 is 0 Å². The molecule has 6 heteroatoms. The largest absolute Gasteiger partial charge is 0.355 e. The predicted octanol–water partition coefficient (Wildman–Crippen LogP) is 2.28. The molecule has 2 aromatic rings. The maximum Gasteiger partial charge on any atom is 0.230 e. The van der Waals surface area contributed by atoms with E-state index in [1.54, 1.807) is 11.0 Å². The van der Waals surface area contributed by atoms with E-state index in [4.69, 9.17) is 0 Å². The minimum absolute atomic E-state index is 0.0273. The molecular weight excluding hydrogens is 272 g/mol. The molecular formula is C14H18N4OS. The molecule has 1 N–H and O–H groups in total. The molecule has 106 valence electrons. The second-order valence-corrected chi connectivity index (χ2v) is 5.24. The lowest BCUT2D eigenvalue weighted by molar-refractivity contribution is -0.118. The van der Waals surface area contributed by atoms with Crippen LogP contribution in [0.3, 0.4) is 0 Å². The van der Waals surface area contributed by atoms with Crippen LogP contribution in [0.1, 0.15) is 19.8 Å². The van der Waals surface area contributed by atoms with Gasteiger partial charge in [-0.25, -0.2) is 9.67 Å². The van der Waals surface area contributed by atoms with Gasteiger partial charge in [-0.2, -0.15) is 0 Å². The number of benzene rings is 1. The van der Waals surface area contributed by atoms with Crippen molar-refractivity contribution in [3.05, 3.63) is 36.7 Å². The van der Waals surface area contributed by atoms with E-state index in [2.05, 4.69) is 22.3 Å². The minimum atomic E-state index is 0.0273. The Morgan fingerprint density at radius 3 is 2.90 bits per heavy atom. The Balaban J connectivity index is 1.83. The molecule has 1 aromatic heterocycles. The number of carbonyl (C=O) groups excluding carboxylic acids is 1. The Kier molecular flexibility index (Phi) is 5.61. The number of amides is 1. The van der Waals surface area contributed by atoms with E-state index in [-0.39, 0.29) is 5.91 Å². The molecule has 2 rings (SSSR count). The zero-order valence-electron chi connectivity index (χ0n) is 11.5. The average molecular weight is 290 g/mol. The third-order valence-corrected chi connectivity index (χ3v) is 3.53. The highest BCUT2D eigenvalue weighted by molar-refractivity contribution is 7.99. The lowest BCUT2D eigenvalue weighted by Gasteiger charge is -2.02. The third-order valence-electron chi connectivity index (χ3n) is 2.68. The summed E-state index contributed by atoms with van der Waals surface area (Å²) in [4.78, 5) is 15.8. The highest BCUT2D eigenvalue weighted by atomic mass is 32.2. The molecule has 1 heterocycles. The molecule has 1 aromatic carbocycles. The summed E-state index contributed by atoms with van der Waals surface area (Å²) < 4.78 is 1.71. The summed E-state index contributed by atoms with van der Waals surface area (Å²) in [5.74, 6) is 0.377. The standard InChI is InChI=1S/C14H18N4OS/c1-2-3-9-15-13(19)10-20-14-16-11-18(17-14)12-7-5-4-6-8-12/h4-8,11H,2-3,9-10H2,1H3,(H,15,19). The van der Waals surface area contributed by atoms with Crippen LogP contribution in [-0.2, 0) is 4.79 Å². The zero-order chi connectivity index (χ0) is 14.2. The fraction of sp³-hybridized carbons (Fsp3) is 0.357. The van der Waals surface area contributed by atoms with Gasteiger partial charge in [0.05, 0.1) is 11.4 Å². The first-order valence-corrected chi connectivity index (χ1v) is 7.64. The van der Waals surface area contributed by atoms with Crippen molar-refractivity contribution in [3.8, 4) is 5.69 Å². The fourth-order valence-corrected chi connectivity index (χ4v) is 2.23. The Hall–Kier alpha value is -1.82. The maximum atomic E-state index is 11.6. The molecule has 0 saturated heterocycles. The summed E-state index contributed by atoms with van der Waals surface area (Å²) in [6, 6.07) is 9.77. The van der Waals surface area contributed by atoms with Crippen LogP contribution in [0.15, 0.2) is 41.8 Å². The number of nitrogens with zero attached hydrogens (tertiary/aromatic N) is 3. The smallest absolute Gasteiger partial charge is 0.230 e. The fourth-order valence-electron chi connectivity index (χ4n) is 1.60. The summed E-state index contributed by atoms with van der Waals surface area (Å²) in [5.41, 5.74) is 0.958. The van der Waals surface area contributed by atoms with Crippen molar-refractivity contribution >= 4 is 17.7 Å². The van der Waals surface area contributed by atoms with Crippen LogP contribution in [0.25, 0.3) is 5.69 Å². The molecule has 5 nitrogen and oxygen atoms in total. The van der Waals surface area contributed by atoms with E-state index in [0.717, 1.165) is 25.1 Å². The minimum Gasteiger partial charge on any atom is -0.355 e. The van der Waals surface area contributed by atoms with Crippen LogP contribution in [0.5, 0.6) is 0 Å². The Bertz CT molecular complexity index is 541. The van der Waals surface area contributed by atoms with Gasteiger partial charge in [-0.15, -0.1) is 5.10 Å². The van der Waals surface area contributed by atoms with Crippen molar-refractivity contribution in [1.82, 2.24) is 20.1 Å². The molecule has 0 fully saturated rings. The van der Waals surface area contributed by atoms with E-state index in [1.165, 1.54) is 11.8 Å². The summed E-state index contributed by atoms with van der Waals surface area (Å²) >= 11 is 1.35. The third kappa shape index (κ3) is 4.38. The first-order chi connectivity index (χ1) is 9.79. The number of rotatable bonds is 7. The summed E-state index contributed by atoms with van der Waals surface area (Å²) in [6.45, 7) is 2.84. The van der Waals surface area contributed by atoms with E-state index in [9.17, 15) is 4.79 Å². The number of thioether (sulfide) groups is 1. The second kappa shape index (κ2) is 7.69. The van der Waals surface area contributed by atoms with Crippen molar-refractivity contribution in [3.63, 3.8) is 0 Å². The highest BCUT2D eigenvalue weighted by Gasteiger charge is 2.06. The van der Waals surface area contributed by atoms with Gasteiger partial charge in [-0.3, -0.25) is 4.79 Å². The molecule has 0 bridgehead atoms. The number of hydrogen-bond donors (Lipinski definition) is 1. The van der Waals surface area contributed by atoms with Gasteiger partial charge in [0.2, 0.25) is 11.1 Å². The van der Waals surface area contributed by atoms with Crippen LogP contribution < -0.4 is 5.32 Å². The van der Waals surface area contributed by atoms with Crippen LogP contribution in [0.2, 0.25) is 0 Å². The zero-order valence-corrected chi connectivity index (χ0v) is 12.3. The summed E-state index contributed by atoms with van der Waals surface area (Å²) in [7, 11) is 0. The molecule has 0 unspecified atom stereocenters. The highest BCUT2D eigenvalue weighted by Crippen LogP contribution is 2.13. The van der Waals surface area contributed by atoms with Gasteiger partial charge < -0.3 is 5.32 Å². The SMILES string of the molecule is CCCCNC(=O)CSc1ncn(-c2ccccc2)n1. The Morgan fingerprint density at radius 2 is 2.15 bits per heavy atom. The van der Waals surface area contributed by atoms with Crippen molar-refractivity contribution in [2.24, 2.45) is 0 Å². The molecule has 1 amide bonds. The number of aromatic nitrogens is 3. The number of hydrogen-bond acceptors (Lipinski definition) is 4. The number of unbranched alkanes of at least 4 members (excludes halogenated alkanes) is 1. The topological polar surface area (TPSA) is 59.8 Å². The van der Waals surface area contributed by atoms with Crippen LogP contribution in [0, 0.1) is 0 Å². The normalized spacial score (nSPS) is 10.4. The first-order valence-electron chi connectivity index (χ1n) is 6.66. The second-order valence-electron chi connectivity index (χ2n) is 4.30. The summed E-state index contributed by atoms with van der Waals surface area (Å²) in [6.07, 6.45) is 3.75. The van der Waals surface area contributed by atoms with Gasteiger partial charge in [0.25, 0.3) is 0 Å². The molecule has 0 aliphatic rings. The van der Waals surface area contributed by atoms with Gasteiger partial charge in [-0.05, 0) is 18.6 Å². The van der Waals surface area contributed by atoms with Crippen LogP contribution in [0.4, 0.5) is 0 Å². The average Bonchev–Trinajstić information content (AvgIpc) is 2.95. The molecule has 0 atom stereocenters. The molecule has 0 aliphatic carbocycles. The number of carbonyl (C=O) groups is 1. The molecule has 0 radical (unpaired) electrons. The molecule has 20 heavy (non-hydrogen) atoms. The molecule has 0 spiro atoms. The lowest BCUT2D eigenvalue weighted by Crippen LogP contribution is -2.26. The van der Waals surface area contributed by atoms with E-state index < -0.39 is 0 Å². The quantitative estimate of drug-likeness (QED) is 0.628. The Labute approximate surface area is 122 Å². The van der Waals surface area contributed by atoms with Crippen molar-refractivity contribution < 1.29 is 4.79 Å². The molecule has 0 aliphatic heterocycles. The number of nitrogens with one attached hydrogen (secondary N) is 1. The van der Waals surface area contributed by atoms with E-state index in [1.807, 2.05) is 30.3 Å². The van der Waals surface area contributed by atoms with Crippen molar-refractivity contribution in [2.75, 3.05) is 12.3 Å². The van der Waals surface area contributed by atoms with Crippen molar-refractivity contribution in [2.45, 2.75) is 24.9 Å². The van der Waals surface area contributed by atoms with E-state index >= 15 is 0 Å². The van der Waals surface area contributed by atoms with Gasteiger partial charge in [0.1, 0.15) is 6.33 Å².